The topological polar surface area (TPSA) is 15.3 Å². The van der Waals surface area contributed by atoms with Gasteiger partial charge in [-0.1, -0.05) is 24.3 Å². The van der Waals surface area contributed by atoms with Crippen molar-refractivity contribution in [3.63, 3.8) is 0 Å². The van der Waals surface area contributed by atoms with Gasteiger partial charge in [-0.25, -0.2) is 0 Å². The van der Waals surface area contributed by atoms with Crippen molar-refractivity contribution in [1.82, 2.24) is 10.2 Å². The van der Waals surface area contributed by atoms with Crippen molar-refractivity contribution < 1.29 is 0 Å². The maximum absolute atomic E-state index is 3.19. The lowest BCUT2D eigenvalue weighted by Crippen LogP contribution is -2.32. The van der Waals surface area contributed by atoms with E-state index < -0.39 is 0 Å². The van der Waals surface area contributed by atoms with Gasteiger partial charge in [-0.15, -0.1) is 0 Å². The molecule has 0 amide bonds. The van der Waals surface area contributed by atoms with Crippen LogP contribution in [0.4, 0.5) is 0 Å². The Morgan fingerprint density at radius 1 is 1.38 bits per heavy atom. The van der Waals surface area contributed by atoms with E-state index in [0.717, 1.165) is 12.5 Å². The molecule has 1 aromatic carbocycles. The fraction of sp³-hybridized carbons (Fsp3) is 0.571. The molecule has 0 radical (unpaired) electrons. The van der Waals surface area contributed by atoms with Gasteiger partial charge in [-0.3, -0.25) is 0 Å². The Kier molecular flexibility index (Phi) is 3.97. The zero-order chi connectivity index (χ0) is 11.4. The number of rotatable bonds is 6. The van der Waals surface area contributed by atoms with Gasteiger partial charge in [0.1, 0.15) is 0 Å². The van der Waals surface area contributed by atoms with E-state index in [4.69, 9.17) is 0 Å². The molecule has 2 heteroatoms. The molecular formula is C14H22N2. The zero-order valence-electron chi connectivity index (χ0n) is 10.4. The third kappa shape index (κ3) is 2.63. The minimum absolute atomic E-state index is 0.774. The number of benzene rings is 1. The summed E-state index contributed by atoms with van der Waals surface area (Å²) in [5.74, 6) is 0.774. The van der Waals surface area contributed by atoms with E-state index in [0.29, 0.717) is 0 Å². The molecule has 0 aromatic heterocycles. The first kappa shape index (κ1) is 11.6. The molecule has 16 heavy (non-hydrogen) atoms. The third-order valence-corrected chi connectivity index (χ3v) is 3.46. The molecule has 88 valence electrons. The van der Waals surface area contributed by atoms with E-state index in [2.05, 4.69) is 41.5 Å². The van der Waals surface area contributed by atoms with Crippen LogP contribution in [0.15, 0.2) is 24.3 Å². The van der Waals surface area contributed by atoms with Gasteiger partial charge >= 0.3 is 0 Å². The van der Waals surface area contributed by atoms with E-state index in [1.54, 1.807) is 11.1 Å². The van der Waals surface area contributed by atoms with Crippen molar-refractivity contribution in [2.24, 2.45) is 0 Å². The van der Waals surface area contributed by atoms with Crippen LogP contribution in [0.2, 0.25) is 0 Å². The van der Waals surface area contributed by atoms with E-state index in [1.165, 1.54) is 25.9 Å². The highest BCUT2D eigenvalue weighted by molar-refractivity contribution is 5.40. The highest BCUT2D eigenvalue weighted by atomic mass is 15.1. The maximum atomic E-state index is 3.19. The Hall–Kier alpha value is -0.860. The lowest BCUT2D eigenvalue weighted by atomic mass is 9.77. The van der Waals surface area contributed by atoms with Gasteiger partial charge in [0, 0.05) is 12.5 Å². The van der Waals surface area contributed by atoms with E-state index >= 15 is 0 Å². The SMILES string of the molecule is CNCCCN(C)CC1Cc2ccccc21. The highest BCUT2D eigenvalue weighted by Gasteiger charge is 2.25. The third-order valence-electron chi connectivity index (χ3n) is 3.46. The Bertz CT molecular complexity index is 335. The van der Waals surface area contributed by atoms with Gasteiger partial charge in [0.25, 0.3) is 0 Å². The fourth-order valence-electron chi connectivity index (χ4n) is 2.52. The molecule has 0 saturated heterocycles. The summed E-state index contributed by atoms with van der Waals surface area (Å²) in [6.45, 7) is 3.52. The van der Waals surface area contributed by atoms with Crippen LogP contribution in [-0.4, -0.2) is 38.6 Å². The molecule has 0 heterocycles. The second-order valence-electron chi connectivity index (χ2n) is 4.82. The number of likely N-dealkylation sites (N-methyl/N-ethyl adjacent to an activating group) is 1. The smallest absolute Gasteiger partial charge is 0.00505 e. The van der Waals surface area contributed by atoms with E-state index in [1.807, 2.05) is 7.05 Å². The minimum Gasteiger partial charge on any atom is -0.320 e. The van der Waals surface area contributed by atoms with E-state index in [9.17, 15) is 0 Å². The summed E-state index contributed by atoms with van der Waals surface area (Å²) < 4.78 is 0. The Morgan fingerprint density at radius 2 is 2.19 bits per heavy atom. The predicted molar refractivity (Wildman–Crippen MR) is 68.9 cm³/mol. The Balaban J connectivity index is 1.76. The van der Waals surface area contributed by atoms with Gasteiger partial charge < -0.3 is 10.2 Å². The van der Waals surface area contributed by atoms with Crippen molar-refractivity contribution in [2.45, 2.75) is 18.8 Å². The molecule has 0 spiro atoms. The predicted octanol–water partition coefficient (Wildman–Crippen LogP) is 1.87. The first-order valence-electron chi connectivity index (χ1n) is 6.22. The molecule has 1 aliphatic carbocycles. The molecule has 1 aliphatic rings. The van der Waals surface area contributed by atoms with Gasteiger partial charge in [0.05, 0.1) is 0 Å². The normalized spacial score (nSPS) is 18.3. The second kappa shape index (κ2) is 5.46. The Labute approximate surface area is 98.7 Å². The van der Waals surface area contributed by atoms with Gasteiger partial charge in [-0.2, -0.15) is 0 Å². The molecule has 1 aromatic rings. The van der Waals surface area contributed by atoms with Crippen LogP contribution in [0.25, 0.3) is 0 Å². The molecule has 0 bridgehead atoms. The number of nitrogens with zero attached hydrogens (tertiary/aromatic N) is 1. The van der Waals surface area contributed by atoms with Crippen molar-refractivity contribution in [2.75, 3.05) is 33.7 Å². The number of nitrogens with one attached hydrogen (secondary N) is 1. The van der Waals surface area contributed by atoms with Crippen molar-refractivity contribution in [3.8, 4) is 0 Å². The first-order chi connectivity index (χ1) is 7.81. The standard InChI is InChI=1S/C14H22N2/c1-15-8-5-9-16(2)11-13-10-12-6-3-4-7-14(12)13/h3-4,6-7,13,15H,5,8-11H2,1-2H3. The zero-order valence-corrected chi connectivity index (χ0v) is 10.4. The lowest BCUT2D eigenvalue weighted by Gasteiger charge is -2.33. The molecule has 0 saturated carbocycles. The summed E-state index contributed by atoms with van der Waals surface area (Å²) in [7, 11) is 4.25. The van der Waals surface area contributed by atoms with Crippen molar-refractivity contribution >= 4 is 0 Å². The first-order valence-corrected chi connectivity index (χ1v) is 6.22. The molecular weight excluding hydrogens is 196 g/mol. The van der Waals surface area contributed by atoms with Crippen molar-refractivity contribution in [3.05, 3.63) is 35.4 Å². The maximum Gasteiger partial charge on any atom is 0.00505 e. The Morgan fingerprint density at radius 3 is 2.94 bits per heavy atom. The molecule has 1 N–H and O–H groups in total. The number of hydrogen-bond acceptors (Lipinski definition) is 2. The number of fused-ring (bicyclic) bond motifs is 1. The van der Waals surface area contributed by atoms with Crippen LogP contribution in [-0.2, 0) is 6.42 Å². The van der Waals surface area contributed by atoms with E-state index in [-0.39, 0.29) is 0 Å². The summed E-state index contributed by atoms with van der Waals surface area (Å²) in [6.07, 6.45) is 2.51. The summed E-state index contributed by atoms with van der Waals surface area (Å²) >= 11 is 0. The molecule has 1 unspecified atom stereocenters. The van der Waals surface area contributed by atoms with Crippen molar-refractivity contribution in [1.29, 1.82) is 0 Å². The highest BCUT2D eigenvalue weighted by Crippen LogP contribution is 2.34. The van der Waals surface area contributed by atoms with Crippen LogP contribution in [0.1, 0.15) is 23.5 Å². The van der Waals surface area contributed by atoms with Crippen LogP contribution in [0, 0.1) is 0 Å². The monoisotopic (exact) mass is 218 g/mol. The number of hydrogen-bond donors (Lipinski definition) is 1. The average molecular weight is 218 g/mol. The molecule has 2 rings (SSSR count). The van der Waals surface area contributed by atoms with Crippen LogP contribution in [0.5, 0.6) is 0 Å². The van der Waals surface area contributed by atoms with Crippen LogP contribution < -0.4 is 5.32 Å². The van der Waals surface area contributed by atoms with Gasteiger partial charge in [0.15, 0.2) is 0 Å². The molecule has 0 fully saturated rings. The van der Waals surface area contributed by atoms with Crippen LogP contribution >= 0.6 is 0 Å². The van der Waals surface area contributed by atoms with Gasteiger partial charge in [-0.05, 0) is 51.2 Å². The summed E-state index contributed by atoms with van der Waals surface area (Å²) in [4.78, 5) is 2.46. The summed E-state index contributed by atoms with van der Waals surface area (Å²) in [5.41, 5.74) is 3.12. The second-order valence-corrected chi connectivity index (χ2v) is 4.82. The molecule has 2 nitrogen and oxygen atoms in total. The van der Waals surface area contributed by atoms with Gasteiger partial charge in [0.2, 0.25) is 0 Å². The quantitative estimate of drug-likeness (QED) is 0.733. The average Bonchev–Trinajstić information content (AvgIpc) is 2.26. The minimum atomic E-state index is 0.774. The largest absolute Gasteiger partial charge is 0.320 e. The summed E-state index contributed by atoms with van der Waals surface area (Å²) in [6, 6.07) is 8.84. The summed E-state index contributed by atoms with van der Waals surface area (Å²) in [5, 5.41) is 3.19. The van der Waals surface area contributed by atoms with Crippen LogP contribution in [0.3, 0.4) is 0 Å². The lowest BCUT2D eigenvalue weighted by molar-refractivity contribution is 0.294. The fourth-order valence-corrected chi connectivity index (χ4v) is 2.52. The molecule has 0 aliphatic heterocycles. The molecule has 1 atom stereocenters.